The van der Waals surface area contributed by atoms with Crippen molar-refractivity contribution >= 4 is 17.6 Å². The molecular weight excluding hydrogens is 486 g/mol. The van der Waals surface area contributed by atoms with Gasteiger partial charge in [-0.05, 0) is 108 Å². The van der Waals surface area contributed by atoms with E-state index in [1.165, 1.54) is 11.1 Å². The Hall–Kier alpha value is -2.08. The predicted molar refractivity (Wildman–Crippen MR) is 148 cm³/mol. The number of hydrogen-bond acceptors (Lipinski definition) is 5. The second kappa shape index (κ2) is 12.6. The Balaban J connectivity index is 1.25. The van der Waals surface area contributed by atoms with E-state index in [0.29, 0.717) is 6.61 Å². The molecule has 1 atom stereocenters. The van der Waals surface area contributed by atoms with E-state index in [1.54, 1.807) is 0 Å². The third-order valence-electron chi connectivity index (χ3n) is 7.92. The average Bonchev–Trinajstić information content (AvgIpc) is 2.88. The minimum atomic E-state index is -0.133. The maximum atomic E-state index is 11.9. The van der Waals surface area contributed by atoms with E-state index in [0.717, 1.165) is 75.4 Å². The first-order valence-electron chi connectivity index (χ1n) is 13.8. The van der Waals surface area contributed by atoms with Crippen LogP contribution in [0.2, 0.25) is 5.02 Å². The Kier molecular flexibility index (Phi) is 9.55. The standard InChI is InChI=1S/C31H42ClNO4/c1-4-35-29(34)24-7-15-28(16-8-24)37-27-13-5-23(6-14-27)21-33-19-17-31(18-20-36-30(2,3)22-31)25-9-11-26(32)12-10-25/h5-6,9-14,24,28,33H,4,7-8,15-22H2,1-3H3. The van der Waals surface area contributed by atoms with Crippen molar-refractivity contribution in [3.05, 3.63) is 64.7 Å². The van der Waals surface area contributed by atoms with Crippen LogP contribution in [0.25, 0.3) is 0 Å². The summed E-state index contributed by atoms with van der Waals surface area (Å²) in [4.78, 5) is 11.9. The molecule has 0 amide bonds. The van der Waals surface area contributed by atoms with Crippen LogP contribution in [-0.2, 0) is 26.2 Å². The van der Waals surface area contributed by atoms with Crippen LogP contribution < -0.4 is 10.1 Å². The number of nitrogens with one attached hydrogen (secondary N) is 1. The quantitative estimate of drug-likeness (QED) is 0.270. The van der Waals surface area contributed by atoms with Crippen LogP contribution in [0, 0.1) is 5.92 Å². The summed E-state index contributed by atoms with van der Waals surface area (Å²) in [7, 11) is 0. The number of halogens is 1. The summed E-state index contributed by atoms with van der Waals surface area (Å²) in [6.07, 6.45) is 6.70. The largest absolute Gasteiger partial charge is 0.490 e. The van der Waals surface area contributed by atoms with E-state index in [-0.39, 0.29) is 29.0 Å². The molecule has 5 nitrogen and oxygen atoms in total. The molecule has 37 heavy (non-hydrogen) atoms. The molecule has 4 rings (SSSR count). The topological polar surface area (TPSA) is 56.8 Å². The van der Waals surface area contributed by atoms with Gasteiger partial charge in [0.25, 0.3) is 0 Å². The summed E-state index contributed by atoms with van der Waals surface area (Å²) in [5, 5.41) is 4.44. The number of carbonyl (C=O) groups is 1. The monoisotopic (exact) mass is 527 g/mol. The second-order valence-electron chi connectivity index (χ2n) is 11.2. The van der Waals surface area contributed by atoms with Gasteiger partial charge in [0.1, 0.15) is 5.75 Å². The molecule has 1 saturated carbocycles. The summed E-state index contributed by atoms with van der Waals surface area (Å²) >= 11 is 6.18. The van der Waals surface area contributed by atoms with E-state index >= 15 is 0 Å². The lowest BCUT2D eigenvalue weighted by Crippen LogP contribution is -2.45. The van der Waals surface area contributed by atoms with Gasteiger partial charge in [0.15, 0.2) is 0 Å². The Morgan fingerprint density at radius 1 is 1.05 bits per heavy atom. The van der Waals surface area contributed by atoms with Crippen LogP contribution in [0.15, 0.2) is 48.5 Å². The number of ether oxygens (including phenoxy) is 3. The smallest absolute Gasteiger partial charge is 0.308 e. The molecule has 0 spiro atoms. The highest BCUT2D eigenvalue weighted by Crippen LogP contribution is 2.44. The van der Waals surface area contributed by atoms with Gasteiger partial charge in [-0.2, -0.15) is 0 Å². The van der Waals surface area contributed by atoms with E-state index < -0.39 is 0 Å². The Bertz CT molecular complexity index is 999. The van der Waals surface area contributed by atoms with E-state index in [1.807, 2.05) is 19.1 Å². The fraction of sp³-hybridized carbons (Fsp3) is 0.581. The highest BCUT2D eigenvalue weighted by molar-refractivity contribution is 6.30. The summed E-state index contributed by atoms with van der Waals surface area (Å²) in [5.41, 5.74) is 2.55. The fourth-order valence-electron chi connectivity index (χ4n) is 6.00. The molecule has 1 aliphatic carbocycles. The molecule has 0 radical (unpaired) electrons. The number of hydrogen-bond donors (Lipinski definition) is 1. The van der Waals surface area contributed by atoms with E-state index in [9.17, 15) is 4.79 Å². The van der Waals surface area contributed by atoms with Gasteiger partial charge in [-0.25, -0.2) is 0 Å². The SMILES string of the molecule is CCOC(=O)C1CCC(Oc2ccc(CNCCC3(c4ccc(Cl)cc4)CCOC(C)(C)C3)cc2)CC1. The zero-order chi connectivity index (χ0) is 26.3. The first-order chi connectivity index (χ1) is 17.8. The maximum absolute atomic E-state index is 11.9. The number of rotatable bonds is 10. The molecular formula is C31H42ClNO4. The summed E-state index contributed by atoms with van der Waals surface area (Å²) in [5.74, 6) is 0.867. The molecule has 6 heteroatoms. The zero-order valence-electron chi connectivity index (χ0n) is 22.6. The van der Waals surface area contributed by atoms with Crippen LogP contribution in [0.1, 0.15) is 76.8 Å². The Morgan fingerprint density at radius 2 is 1.76 bits per heavy atom. The van der Waals surface area contributed by atoms with Crippen molar-refractivity contribution in [2.45, 2.75) is 89.4 Å². The average molecular weight is 528 g/mol. The molecule has 1 aliphatic heterocycles. The highest BCUT2D eigenvalue weighted by atomic mass is 35.5. The fourth-order valence-corrected chi connectivity index (χ4v) is 6.13. The van der Waals surface area contributed by atoms with Crippen LogP contribution in [0.5, 0.6) is 5.75 Å². The molecule has 1 saturated heterocycles. The molecule has 0 aromatic heterocycles. The predicted octanol–water partition coefficient (Wildman–Crippen LogP) is 6.85. The summed E-state index contributed by atoms with van der Waals surface area (Å²) in [6.45, 7) is 9.23. The molecule has 2 fully saturated rings. The van der Waals surface area contributed by atoms with Gasteiger partial charge >= 0.3 is 5.97 Å². The normalized spacial score (nSPS) is 25.4. The van der Waals surface area contributed by atoms with Crippen molar-refractivity contribution in [1.29, 1.82) is 0 Å². The first kappa shape index (κ1) is 27.9. The Morgan fingerprint density at radius 3 is 2.41 bits per heavy atom. The third kappa shape index (κ3) is 7.72. The molecule has 2 aliphatic rings. The molecule has 1 heterocycles. The number of carbonyl (C=O) groups excluding carboxylic acids is 1. The second-order valence-corrected chi connectivity index (χ2v) is 11.7. The Labute approximate surface area is 227 Å². The molecule has 2 aromatic carbocycles. The van der Waals surface area contributed by atoms with Crippen LogP contribution in [0.3, 0.4) is 0 Å². The van der Waals surface area contributed by atoms with Crippen LogP contribution in [-0.4, -0.2) is 37.4 Å². The molecule has 0 bridgehead atoms. The molecule has 1 N–H and O–H groups in total. The first-order valence-corrected chi connectivity index (χ1v) is 14.2. The van der Waals surface area contributed by atoms with Crippen LogP contribution >= 0.6 is 11.6 Å². The minimum absolute atomic E-state index is 0.0271. The van der Waals surface area contributed by atoms with Crippen molar-refractivity contribution in [3.8, 4) is 5.75 Å². The van der Waals surface area contributed by atoms with Crippen molar-refractivity contribution < 1.29 is 19.0 Å². The van der Waals surface area contributed by atoms with Gasteiger partial charge in [0.05, 0.1) is 24.2 Å². The van der Waals surface area contributed by atoms with Crippen molar-refractivity contribution in [3.63, 3.8) is 0 Å². The van der Waals surface area contributed by atoms with E-state index in [4.69, 9.17) is 25.8 Å². The van der Waals surface area contributed by atoms with Crippen molar-refractivity contribution in [2.24, 2.45) is 5.92 Å². The minimum Gasteiger partial charge on any atom is -0.490 e. The van der Waals surface area contributed by atoms with Gasteiger partial charge in [0.2, 0.25) is 0 Å². The van der Waals surface area contributed by atoms with Gasteiger partial charge < -0.3 is 19.5 Å². The summed E-state index contributed by atoms with van der Waals surface area (Å²) < 4.78 is 17.4. The van der Waals surface area contributed by atoms with E-state index in [2.05, 4.69) is 55.6 Å². The number of esters is 1. The molecule has 1 unspecified atom stereocenters. The summed E-state index contributed by atoms with van der Waals surface area (Å²) in [6, 6.07) is 16.8. The molecule has 202 valence electrons. The maximum Gasteiger partial charge on any atom is 0.308 e. The van der Waals surface area contributed by atoms with Gasteiger partial charge in [0, 0.05) is 23.6 Å². The zero-order valence-corrected chi connectivity index (χ0v) is 23.3. The van der Waals surface area contributed by atoms with Crippen molar-refractivity contribution in [1.82, 2.24) is 5.32 Å². The lowest BCUT2D eigenvalue weighted by Gasteiger charge is -2.45. The third-order valence-corrected chi connectivity index (χ3v) is 8.18. The van der Waals surface area contributed by atoms with Gasteiger partial charge in [-0.1, -0.05) is 35.9 Å². The molecule has 2 aromatic rings. The van der Waals surface area contributed by atoms with Crippen molar-refractivity contribution in [2.75, 3.05) is 19.8 Å². The lowest BCUT2D eigenvalue weighted by atomic mass is 9.67. The highest BCUT2D eigenvalue weighted by Gasteiger charge is 2.41. The lowest BCUT2D eigenvalue weighted by molar-refractivity contribution is -0.149. The van der Waals surface area contributed by atoms with Crippen LogP contribution in [0.4, 0.5) is 0 Å². The number of benzene rings is 2. The van der Waals surface area contributed by atoms with Gasteiger partial charge in [-0.15, -0.1) is 0 Å². The van der Waals surface area contributed by atoms with Gasteiger partial charge in [-0.3, -0.25) is 4.79 Å².